The van der Waals surface area contributed by atoms with Crippen LogP contribution in [0.4, 0.5) is 0 Å². The second-order valence-electron chi connectivity index (χ2n) is 4.18. The third-order valence-electron chi connectivity index (χ3n) is 2.68. The number of amides is 1. The average Bonchev–Trinajstić information content (AvgIpc) is 2.48. The summed E-state index contributed by atoms with van der Waals surface area (Å²) in [6.07, 6.45) is 2.16. The monoisotopic (exact) mass is 272 g/mol. The minimum atomic E-state index is -0.384. The minimum absolute atomic E-state index is 0.122. The van der Waals surface area contributed by atoms with E-state index in [0.29, 0.717) is 19.6 Å². The summed E-state index contributed by atoms with van der Waals surface area (Å²) in [5.41, 5.74) is -0.262. The van der Waals surface area contributed by atoms with Crippen LogP contribution in [0.2, 0.25) is 0 Å². The van der Waals surface area contributed by atoms with E-state index in [0.717, 1.165) is 5.75 Å². The number of para-hydroxylation sites is 1. The van der Waals surface area contributed by atoms with Crippen molar-refractivity contribution in [1.29, 1.82) is 0 Å². The number of hydrogen-bond acceptors (Lipinski definition) is 3. The zero-order valence-electron chi connectivity index (χ0n) is 11.0. The summed E-state index contributed by atoms with van der Waals surface area (Å²) in [7, 11) is 0. The third kappa shape index (κ3) is 3.98. The molecule has 0 fully saturated rings. The molecule has 0 unspecified atom stereocenters. The molecule has 0 spiro atoms. The number of nitrogens with one attached hydrogen (secondary N) is 2. The average molecular weight is 272 g/mol. The molecule has 2 rings (SSSR count). The highest BCUT2D eigenvalue weighted by molar-refractivity contribution is 5.93. The molecule has 0 radical (unpaired) electrons. The zero-order valence-corrected chi connectivity index (χ0v) is 11.0. The second-order valence-corrected chi connectivity index (χ2v) is 4.18. The first kappa shape index (κ1) is 13.9. The van der Waals surface area contributed by atoms with E-state index in [-0.39, 0.29) is 17.0 Å². The highest BCUT2D eigenvalue weighted by Gasteiger charge is 2.08. The van der Waals surface area contributed by atoms with Gasteiger partial charge in [0, 0.05) is 12.7 Å². The quantitative estimate of drug-likeness (QED) is 0.784. The van der Waals surface area contributed by atoms with Gasteiger partial charge in [0.2, 0.25) is 0 Å². The first-order chi connectivity index (χ1) is 9.77. The zero-order chi connectivity index (χ0) is 14.2. The Morgan fingerprint density at radius 1 is 1.15 bits per heavy atom. The molecule has 0 atom stereocenters. The summed E-state index contributed by atoms with van der Waals surface area (Å²) < 4.78 is 5.50. The molecule has 0 aliphatic heterocycles. The molecule has 0 bridgehead atoms. The summed E-state index contributed by atoms with van der Waals surface area (Å²) in [5.74, 6) is 0.435. The van der Waals surface area contributed by atoms with E-state index in [1.54, 1.807) is 6.07 Å². The third-order valence-corrected chi connectivity index (χ3v) is 2.68. The predicted octanol–water partition coefficient (Wildman–Crippen LogP) is 1.57. The number of pyridine rings is 1. The van der Waals surface area contributed by atoms with Gasteiger partial charge in [-0.1, -0.05) is 18.2 Å². The van der Waals surface area contributed by atoms with Crippen LogP contribution in [0.1, 0.15) is 16.8 Å². The van der Waals surface area contributed by atoms with Crippen LogP contribution in [0, 0.1) is 0 Å². The number of carbonyl (C=O) groups is 1. The topological polar surface area (TPSA) is 71.2 Å². The van der Waals surface area contributed by atoms with Crippen LogP contribution in [0.5, 0.6) is 5.75 Å². The van der Waals surface area contributed by atoms with Crippen molar-refractivity contribution in [3.63, 3.8) is 0 Å². The Kier molecular flexibility index (Phi) is 4.94. The van der Waals surface area contributed by atoms with Crippen molar-refractivity contribution in [3.8, 4) is 5.75 Å². The Morgan fingerprint density at radius 2 is 1.95 bits per heavy atom. The molecule has 0 aliphatic carbocycles. The van der Waals surface area contributed by atoms with E-state index in [1.165, 1.54) is 12.3 Å². The van der Waals surface area contributed by atoms with Crippen LogP contribution >= 0.6 is 0 Å². The van der Waals surface area contributed by atoms with Gasteiger partial charge in [-0.2, -0.15) is 0 Å². The van der Waals surface area contributed by atoms with Crippen LogP contribution in [-0.4, -0.2) is 24.0 Å². The van der Waals surface area contributed by atoms with E-state index in [9.17, 15) is 9.59 Å². The Balaban J connectivity index is 1.70. The molecule has 1 amide bonds. The lowest BCUT2D eigenvalue weighted by Gasteiger charge is -2.07. The van der Waals surface area contributed by atoms with Crippen molar-refractivity contribution in [1.82, 2.24) is 10.3 Å². The standard InChI is InChI=1S/C15H16N2O3/c18-14-13(8-4-9-16-14)15(19)17-10-5-11-20-12-6-2-1-3-7-12/h1-4,6-9H,5,10-11H2,(H,16,18)(H,17,19). The fraction of sp³-hybridized carbons (Fsp3) is 0.200. The van der Waals surface area contributed by atoms with E-state index in [2.05, 4.69) is 10.3 Å². The van der Waals surface area contributed by atoms with Crippen LogP contribution in [-0.2, 0) is 0 Å². The first-order valence-electron chi connectivity index (χ1n) is 6.41. The molecule has 1 aromatic heterocycles. The van der Waals surface area contributed by atoms with Crippen molar-refractivity contribution in [2.45, 2.75) is 6.42 Å². The van der Waals surface area contributed by atoms with E-state index in [1.807, 2.05) is 30.3 Å². The highest BCUT2D eigenvalue weighted by Crippen LogP contribution is 2.07. The number of carbonyl (C=O) groups excluding carboxylic acids is 1. The maximum atomic E-state index is 11.7. The Bertz CT molecular complexity index is 608. The second kappa shape index (κ2) is 7.13. The summed E-state index contributed by atoms with van der Waals surface area (Å²) in [4.78, 5) is 25.6. The van der Waals surface area contributed by atoms with Crippen molar-refractivity contribution >= 4 is 5.91 Å². The van der Waals surface area contributed by atoms with E-state index >= 15 is 0 Å². The Hall–Kier alpha value is -2.56. The molecular formula is C15H16N2O3. The van der Waals surface area contributed by atoms with Gasteiger partial charge in [0.05, 0.1) is 6.61 Å². The Labute approximate surface area is 116 Å². The lowest BCUT2D eigenvalue weighted by atomic mass is 10.2. The molecular weight excluding hydrogens is 256 g/mol. The predicted molar refractivity (Wildman–Crippen MR) is 75.9 cm³/mol. The van der Waals surface area contributed by atoms with Gasteiger partial charge in [-0.15, -0.1) is 0 Å². The van der Waals surface area contributed by atoms with Crippen LogP contribution in [0.3, 0.4) is 0 Å². The fourth-order valence-electron chi connectivity index (χ4n) is 1.68. The number of rotatable bonds is 6. The van der Waals surface area contributed by atoms with Crippen LogP contribution in [0.25, 0.3) is 0 Å². The Morgan fingerprint density at radius 3 is 2.70 bits per heavy atom. The van der Waals surface area contributed by atoms with Gasteiger partial charge in [-0.3, -0.25) is 9.59 Å². The minimum Gasteiger partial charge on any atom is -0.494 e. The smallest absolute Gasteiger partial charge is 0.260 e. The number of aromatic nitrogens is 1. The normalized spacial score (nSPS) is 10.0. The maximum Gasteiger partial charge on any atom is 0.260 e. The molecule has 1 heterocycles. The van der Waals surface area contributed by atoms with Crippen molar-refractivity contribution in [2.24, 2.45) is 0 Å². The number of hydrogen-bond donors (Lipinski definition) is 2. The molecule has 20 heavy (non-hydrogen) atoms. The molecule has 1 aromatic carbocycles. The van der Waals surface area contributed by atoms with E-state index < -0.39 is 0 Å². The number of H-pyrrole nitrogens is 1. The summed E-state index contributed by atoms with van der Waals surface area (Å²) in [6.45, 7) is 0.968. The van der Waals surface area contributed by atoms with Gasteiger partial charge >= 0.3 is 0 Å². The van der Waals surface area contributed by atoms with Gasteiger partial charge in [0.25, 0.3) is 11.5 Å². The molecule has 104 valence electrons. The van der Waals surface area contributed by atoms with Gasteiger partial charge in [0.1, 0.15) is 11.3 Å². The summed E-state index contributed by atoms with van der Waals surface area (Å²) >= 11 is 0. The lowest BCUT2D eigenvalue weighted by Crippen LogP contribution is -2.30. The molecule has 0 saturated heterocycles. The number of aromatic amines is 1. The van der Waals surface area contributed by atoms with Crippen LogP contribution in [0.15, 0.2) is 53.5 Å². The van der Waals surface area contributed by atoms with Gasteiger partial charge < -0.3 is 15.0 Å². The largest absolute Gasteiger partial charge is 0.494 e. The van der Waals surface area contributed by atoms with Gasteiger partial charge in [0.15, 0.2) is 0 Å². The van der Waals surface area contributed by atoms with Crippen LogP contribution < -0.4 is 15.6 Å². The molecule has 2 N–H and O–H groups in total. The lowest BCUT2D eigenvalue weighted by molar-refractivity contribution is 0.0950. The summed E-state index contributed by atoms with van der Waals surface area (Å²) in [6, 6.07) is 12.6. The van der Waals surface area contributed by atoms with Crippen molar-refractivity contribution in [3.05, 3.63) is 64.6 Å². The summed E-state index contributed by atoms with van der Waals surface area (Å²) in [5, 5.41) is 2.69. The van der Waals surface area contributed by atoms with E-state index in [4.69, 9.17) is 4.74 Å². The number of benzene rings is 1. The first-order valence-corrected chi connectivity index (χ1v) is 6.41. The maximum absolute atomic E-state index is 11.7. The number of ether oxygens (including phenoxy) is 1. The molecule has 0 aliphatic rings. The van der Waals surface area contributed by atoms with Crippen molar-refractivity contribution < 1.29 is 9.53 Å². The molecule has 5 heteroatoms. The molecule has 5 nitrogen and oxygen atoms in total. The SMILES string of the molecule is O=C(NCCCOc1ccccc1)c1ccc[nH]c1=O. The fourth-order valence-corrected chi connectivity index (χ4v) is 1.68. The highest BCUT2D eigenvalue weighted by atomic mass is 16.5. The molecule has 2 aromatic rings. The van der Waals surface area contributed by atoms with Gasteiger partial charge in [-0.25, -0.2) is 0 Å². The van der Waals surface area contributed by atoms with Gasteiger partial charge in [-0.05, 0) is 30.7 Å². The van der Waals surface area contributed by atoms with Crippen molar-refractivity contribution in [2.75, 3.05) is 13.2 Å². The molecule has 0 saturated carbocycles.